The van der Waals surface area contributed by atoms with Crippen molar-refractivity contribution < 1.29 is 0 Å². The fourth-order valence-corrected chi connectivity index (χ4v) is 2.81. The van der Waals surface area contributed by atoms with Crippen molar-refractivity contribution in [2.45, 2.75) is 6.54 Å². The van der Waals surface area contributed by atoms with Crippen LogP contribution in [-0.4, -0.2) is 47.2 Å². The maximum Gasteiger partial charge on any atom is 0.0946 e. The number of imidazole rings is 1. The third-order valence-corrected chi connectivity index (χ3v) is 3.70. The number of fused-ring (bicyclic) bond motifs is 1. The average Bonchev–Trinajstić information content (AvgIpc) is 2.91. The van der Waals surface area contributed by atoms with Crippen molar-refractivity contribution in [3.8, 4) is 0 Å². The number of hydrogen-bond donors (Lipinski definition) is 1. The first-order valence-electron chi connectivity index (χ1n) is 5.80. The fourth-order valence-electron chi connectivity index (χ4n) is 2.81. The number of hydrogen-bond acceptors (Lipinski definition) is 3. The van der Waals surface area contributed by atoms with E-state index in [0.717, 1.165) is 18.4 Å². The summed E-state index contributed by atoms with van der Waals surface area (Å²) in [5, 5.41) is 3.47. The molecular weight excluding hydrogens is 188 g/mol. The highest BCUT2D eigenvalue weighted by Crippen LogP contribution is 2.25. The van der Waals surface area contributed by atoms with Gasteiger partial charge < -0.3 is 14.8 Å². The molecule has 0 aliphatic carbocycles. The lowest BCUT2D eigenvalue weighted by molar-refractivity contribution is 0.299. The molecule has 0 aromatic carbocycles. The van der Waals surface area contributed by atoms with Crippen LogP contribution in [0.3, 0.4) is 0 Å². The van der Waals surface area contributed by atoms with Crippen molar-refractivity contribution in [3.05, 3.63) is 18.7 Å². The van der Waals surface area contributed by atoms with Gasteiger partial charge in [0.15, 0.2) is 0 Å². The molecule has 3 rings (SSSR count). The molecule has 4 heteroatoms. The van der Waals surface area contributed by atoms with Crippen LogP contribution in [0.2, 0.25) is 0 Å². The molecule has 0 spiro atoms. The molecule has 0 amide bonds. The number of nitrogens with zero attached hydrogens (tertiary/aromatic N) is 3. The van der Waals surface area contributed by atoms with E-state index in [9.17, 15) is 0 Å². The van der Waals surface area contributed by atoms with Gasteiger partial charge in [0.05, 0.1) is 6.33 Å². The molecule has 1 aromatic rings. The third-order valence-electron chi connectivity index (χ3n) is 3.70. The zero-order chi connectivity index (χ0) is 10.1. The predicted molar refractivity (Wildman–Crippen MR) is 58.5 cm³/mol. The number of aromatic nitrogens is 2. The maximum absolute atomic E-state index is 4.06. The molecule has 82 valence electrons. The second-order valence-corrected chi connectivity index (χ2v) is 4.74. The monoisotopic (exact) mass is 206 g/mol. The summed E-state index contributed by atoms with van der Waals surface area (Å²) >= 11 is 0. The molecule has 0 saturated carbocycles. The van der Waals surface area contributed by atoms with E-state index >= 15 is 0 Å². The average molecular weight is 206 g/mol. The van der Waals surface area contributed by atoms with E-state index in [1.807, 2.05) is 18.7 Å². The molecule has 0 bridgehead atoms. The van der Waals surface area contributed by atoms with Crippen molar-refractivity contribution in [2.24, 2.45) is 11.8 Å². The molecular formula is C11H18N4. The van der Waals surface area contributed by atoms with Crippen molar-refractivity contribution in [1.82, 2.24) is 19.8 Å². The number of rotatable bonds is 3. The summed E-state index contributed by atoms with van der Waals surface area (Å²) in [7, 11) is 0. The molecule has 2 saturated heterocycles. The summed E-state index contributed by atoms with van der Waals surface area (Å²) in [4.78, 5) is 6.65. The first-order chi connectivity index (χ1) is 7.42. The van der Waals surface area contributed by atoms with Crippen molar-refractivity contribution in [1.29, 1.82) is 0 Å². The van der Waals surface area contributed by atoms with Crippen LogP contribution < -0.4 is 5.32 Å². The Hall–Kier alpha value is -0.870. The minimum Gasteiger partial charge on any atom is -0.336 e. The van der Waals surface area contributed by atoms with Crippen LogP contribution in [0.4, 0.5) is 0 Å². The van der Waals surface area contributed by atoms with Crippen LogP contribution in [0, 0.1) is 11.8 Å². The van der Waals surface area contributed by atoms with E-state index in [1.54, 1.807) is 0 Å². The Labute approximate surface area is 90.3 Å². The predicted octanol–water partition coefficient (Wildman–Crippen LogP) is 0.0343. The van der Waals surface area contributed by atoms with Crippen molar-refractivity contribution in [2.75, 3.05) is 32.7 Å². The van der Waals surface area contributed by atoms with Crippen LogP contribution in [0.5, 0.6) is 0 Å². The molecule has 2 aliphatic heterocycles. The summed E-state index contributed by atoms with van der Waals surface area (Å²) in [5.41, 5.74) is 0. The Kier molecular flexibility index (Phi) is 2.46. The Morgan fingerprint density at radius 1 is 1.20 bits per heavy atom. The van der Waals surface area contributed by atoms with E-state index in [2.05, 4.69) is 19.8 Å². The zero-order valence-electron chi connectivity index (χ0n) is 8.97. The second-order valence-electron chi connectivity index (χ2n) is 4.74. The molecule has 1 N–H and O–H groups in total. The van der Waals surface area contributed by atoms with E-state index in [4.69, 9.17) is 0 Å². The highest BCUT2D eigenvalue weighted by molar-refractivity contribution is 4.91. The maximum atomic E-state index is 4.06. The van der Waals surface area contributed by atoms with E-state index in [-0.39, 0.29) is 0 Å². The van der Waals surface area contributed by atoms with Crippen molar-refractivity contribution in [3.63, 3.8) is 0 Å². The van der Waals surface area contributed by atoms with Gasteiger partial charge in [-0.15, -0.1) is 0 Å². The summed E-state index contributed by atoms with van der Waals surface area (Å²) in [6.45, 7) is 7.27. The van der Waals surface area contributed by atoms with Crippen LogP contribution >= 0.6 is 0 Å². The SMILES string of the molecule is c1cn(CCN2CC3CNCC3C2)cn1. The minimum atomic E-state index is 0.910. The molecule has 2 atom stereocenters. The van der Waals surface area contributed by atoms with Gasteiger partial charge in [0.2, 0.25) is 0 Å². The molecule has 15 heavy (non-hydrogen) atoms. The zero-order valence-corrected chi connectivity index (χ0v) is 8.97. The quantitative estimate of drug-likeness (QED) is 0.757. The summed E-state index contributed by atoms with van der Waals surface area (Å²) in [6.07, 6.45) is 5.79. The van der Waals surface area contributed by atoms with Crippen molar-refractivity contribution >= 4 is 0 Å². The largest absolute Gasteiger partial charge is 0.336 e. The molecule has 3 heterocycles. The van der Waals surface area contributed by atoms with E-state index in [0.29, 0.717) is 0 Å². The Morgan fingerprint density at radius 3 is 2.67 bits per heavy atom. The van der Waals surface area contributed by atoms with Gasteiger partial charge >= 0.3 is 0 Å². The van der Waals surface area contributed by atoms with E-state index < -0.39 is 0 Å². The van der Waals surface area contributed by atoms with Gasteiger partial charge in [0.25, 0.3) is 0 Å². The van der Waals surface area contributed by atoms with Crippen LogP contribution in [0.25, 0.3) is 0 Å². The molecule has 1 aromatic heterocycles. The lowest BCUT2D eigenvalue weighted by Crippen LogP contribution is -2.28. The minimum absolute atomic E-state index is 0.910. The van der Waals surface area contributed by atoms with Gasteiger partial charge in [-0.25, -0.2) is 4.98 Å². The van der Waals surface area contributed by atoms with Gasteiger partial charge in [-0.05, 0) is 24.9 Å². The first-order valence-corrected chi connectivity index (χ1v) is 5.80. The molecule has 4 nitrogen and oxygen atoms in total. The molecule has 0 radical (unpaired) electrons. The second kappa shape index (κ2) is 3.94. The topological polar surface area (TPSA) is 33.1 Å². The smallest absolute Gasteiger partial charge is 0.0946 e. The first kappa shape index (κ1) is 9.36. The molecule has 2 fully saturated rings. The highest BCUT2D eigenvalue weighted by atomic mass is 15.2. The Morgan fingerprint density at radius 2 is 2.00 bits per heavy atom. The summed E-state index contributed by atoms with van der Waals surface area (Å²) in [5.74, 6) is 1.82. The van der Waals surface area contributed by atoms with Gasteiger partial charge in [0.1, 0.15) is 0 Å². The van der Waals surface area contributed by atoms with Gasteiger partial charge in [-0.1, -0.05) is 0 Å². The normalized spacial score (nSPS) is 30.9. The standard InChI is InChI=1S/C11H18N4/c1-2-14(9-12-1)3-4-15-7-10-5-13-6-11(10)8-15/h1-2,9-11,13H,3-8H2. The lowest BCUT2D eigenvalue weighted by atomic mass is 10.0. The lowest BCUT2D eigenvalue weighted by Gasteiger charge is -2.16. The highest BCUT2D eigenvalue weighted by Gasteiger charge is 2.35. The number of likely N-dealkylation sites (tertiary alicyclic amines) is 1. The summed E-state index contributed by atoms with van der Waals surface area (Å²) in [6, 6.07) is 0. The Bertz CT molecular complexity index is 296. The molecule has 2 unspecified atom stereocenters. The molecule has 2 aliphatic rings. The van der Waals surface area contributed by atoms with Gasteiger partial charge in [-0.2, -0.15) is 0 Å². The number of nitrogens with one attached hydrogen (secondary N) is 1. The van der Waals surface area contributed by atoms with Gasteiger partial charge in [0, 0.05) is 38.6 Å². The fraction of sp³-hybridized carbons (Fsp3) is 0.727. The van der Waals surface area contributed by atoms with E-state index in [1.165, 1.54) is 32.7 Å². The van der Waals surface area contributed by atoms with Crippen LogP contribution in [-0.2, 0) is 6.54 Å². The Balaban J connectivity index is 1.49. The van der Waals surface area contributed by atoms with Gasteiger partial charge in [-0.3, -0.25) is 0 Å². The van der Waals surface area contributed by atoms with Crippen LogP contribution in [0.15, 0.2) is 18.7 Å². The van der Waals surface area contributed by atoms with Crippen LogP contribution in [0.1, 0.15) is 0 Å². The summed E-state index contributed by atoms with van der Waals surface area (Å²) < 4.78 is 2.16. The third kappa shape index (κ3) is 1.92.